The summed E-state index contributed by atoms with van der Waals surface area (Å²) in [7, 11) is 1.51. The van der Waals surface area contributed by atoms with Crippen molar-refractivity contribution in [1.82, 2.24) is 0 Å². The van der Waals surface area contributed by atoms with E-state index >= 15 is 0 Å². The van der Waals surface area contributed by atoms with Crippen LogP contribution in [-0.4, -0.2) is 19.7 Å². The Kier molecular flexibility index (Phi) is 5.76. The summed E-state index contributed by atoms with van der Waals surface area (Å²) in [4.78, 5) is 0. The molecule has 1 aromatic carbocycles. The third kappa shape index (κ3) is 4.13. The van der Waals surface area contributed by atoms with Crippen LogP contribution in [0.15, 0.2) is 18.2 Å². The lowest BCUT2D eigenvalue weighted by Crippen LogP contribution is -1.99. The van der Waals surface area contributed by atoms with E-state index in [1.807, 2.05) is 0 Å². The minimum Gasteiger partial charge on any atom is -0.467 e. The van der Waals surface area contributed by atoms with E-state index in [2.05, 4.69) is 24.5 Å². The number of rotatable bonds is 4. The number of thiol groups is 1. The highest BCUT2D eigenvalue weighted by Crippen LogP contribution is 2.15. The van der Waals surface area contributed by atoms with Gasteiger partial charge in [-0.1, -0.05) is 11.8 Å². The molecule has 86 valence electrons. The topological polar surface area (TPSA) is 18.5 Å². The first-order chi connectivity index (χ1) is 7.77. The Balaban J connectivity index is 2.72. The maximum Gasteiger partial charge on any atom is 0.188 e. The van der Waals surface area contributed by atoms with Gasteiger partial charge in [0.05, 0.1) is 5.56 Å². The van der Waals surface area contributed by atoms with Gasteiger partial charge in [-0.05, 0) is 12.1 Å². The van der Waals surface area contributed by atoms with Crippen LogP contribution in [0, 0.1) is 17.7 Å². The summed E-state index contributed by atoms with van der Waals surface area (Å²) in [6.45, 7) is 0.101. The molecule has 0 aliphatic carbocycles. The molecule has 0 aromatic heterocycles. The summed E-state index contributed by atoms with van der Waals surface area (Å²) in [5, 5.41) is 0. The Morgan fingerprint density at radius 2 is 2.25 bits per heavy atom. The van der Waals surface area contributed by atoms with Crippen LogP contribution in [0.1, 0.15) is 12.0 Å². The molecule has 0 bridgehead atoms. The predicted molar refractivity (Wildman–Crippen MR) is 64.3 cm³/mol. The molecule has 0 heterocycles. The molecule has 2 nitrogen and oxygen atoms in total. The lowest BCUT2D eigenvalue weighted by Gasteiger charge is -2.04. The Bertz CT molecular complexity index is 396. The van der Waals surface area contributed by atoms with E-state index in [0.29, 0.717) is 23.5 Å². The summed E-state index contributed by atoms with van der Waals surface area (Å²) in [5.74, 6) is 6.27. The van der Waals surface area contributed by atoms with Crippen molar-refractivity contribution < 1.29 is 13.9 Å². The molecule has 1 rings (SSSR count). The lowest BCUT2D eigenvalue weighted by atomic mass is 10.2. The maximum atomic E-state index is 13.5. The van der Waals surface area contributed by atoms with Crippen LogP contribution < -0.4 is 4.74 Å². The Labute approximate surface area is 100 Å². The first-order valence-corrected chi connectivity index (χ1v) is 5.42. The Morgan fingerprint density at radius 3 is 2.88 bits per heavy atom. The molecule has 0 aliphatic rings. The van der Waals surface area contributed by atoms with Gasteiger partial charge < -0.3 is 9.47 Å². The van der Waals surface area contributed by atoms with Gasteiger partial charge >= 0.3 is 0 Å². The molecular weight excluding hydrogens is 227 g/mol. The minimum atomic E-state index is -0.389. The second-order valence-electron chi connectivity index (χ2n) is 2.97. The van der Waals surface area contributed by atoms with Gasteiger partial charge in [-0.2, -0.15) is 12.6 Å². The van der Waals surface area contributed by atoms with Crippen molar-refractivity contribution >= 4 is 12.6 Å². The second-order valence-corrected chi connectivity index (χ2v) is 3.42. The fourth-order valence-electron chi connectivity index (χ4n) is 1.03. The summed E-state index contributed by atoms with van der Waals surface area (Å²) in [6.07, 6.45) is 0.643. The van der Waals surface area contributed by atoms with Gasteiger partial charge in [0, 0.05) is 25.3 Å². The Morgan fingerprint density at radius 1 is 1.44 bits per heavy atom. The van der Waals surface area contributed by atoms with E-state index in [4.69, 9.17) is 9.47 Å². The number of ether oxygens (including phenoxy) is 2. The fourth-order valence-corrected chi connectivity index (χ4v) is 1.14. The van der Waals surface area contributed by atoms with Crippen LogP contribution in [-0.2, 0) is 4.74 Å². The van der Waals surface area contributed by atoms with Crippen molar-refractivity contribution in [3.05, 3.63) is 29.6 Å². The predicted octanol–water partition coefficient (Wildman–Crippen LogP) is 2.48. The van der Waals surface area contributed by atoms with E-state index in [1.54, 1.807) is 12.1 Å². The maximum absolute atomic E-state index is 13.5. The van der Waals surface area contributed by atoms with Gasteiger partial charge in [0.1, 0.15) is 11.6 Å². The molecule has 0 aliphatic heterocycles. The lowest BCUT2D eigenvalue weighted by molar-refractivity contribution is 0.0509. The second kappa shape index (κ2) is 7.15. The third-order valence-electron chi connectivity index (χ3n) is 1.74. The first kappa shape index (κ1) is 12.9. The number of halogens is 1. The third-order valence-corrected chi connectivity index (χ3v) is 1.97. The first-order valence-electron chi connectivity index (χ1n) is 4.79. The van der Waals surface area contributed by atoms with Crippen molar-refractivity contribution in [3.63, 3.8) is 0 Å². The normalized spacial score (nSPS) is 9.44. The molecule has 0 N–H and O–H groups in total. The minimum absolute atomic E-state index is 0.101. The summed E-state index contributed by atoms with van der Waals surface area (Å²) in [5.41, 5.74) is 0.367. The summed E-state index contributed by atoms with van der Waals surface area (Å²) < 4.78 is 23.3. The number of benzene rings is 1. The smallest absolute Gasteiger partial charge is 0.188 e. The monoisotopic (exact) mass is 240 g/mol. The quantitative estimate of drug-likeness (QED) is 0.495. The van der Waals surface area contributed by atoms with Crippen molar-refractivity contribution in [1.29, 1.82) is 0 Å². The zero-order valence-corrected chi connectivity index (χ0v) is 9.89. The van der Waals surface area contributed by atoms with Crippen molar-refractivity contribution in [2.75, 3.05) is 19.7 Å². The Hall–Kier alpha value is -1.18. The van der Waals surface area contributed by atoms with E-state index in [0.717, 1.165) is 0 Å². The fraction of sp³-hybridized carbons (Fsp3) is 0.333. The number of methoxy groups -OCH3 is 1. The van der Waals surface area contributed by atoms with Gasteiger partial charge in [0.2, 0.25) is 0 Å². The van der Waals surface area contributed by atoms with Crippen LogP contribution in [0.5, 0.6) is 5.75 Å². The SMILES string of the molecule is COCOc1ccc(C#CCCS)c(F)c1. The molecule has 0 atom stereocenters. The molecule has 0 unspecified atom stereocenters. The number of hydrogen-bond donors (Lipinski definition) is 1. The van der Waals surface area contributed by atoms with Gasteiger partial charge in [-0.3, -0.25) is 0 Å². The molecule has 1 aromatic rings. The standard InChI is InChI=1S/C12H13FO2S/c1-14-9-15-11-6-5-10(12(13)8-11)4-2-3-7-16/h5-6,8,16H,3,7,9H2,1H3. The number of hydrogen-bond acceptors (Lipinski definition) is 3. The molecular formula is C12H13FO2S. The molecule has 0 saturated heterocycles. The van der Waals surface area contributed by atoms with Crippen molar-refractivity contribution in [2.45, 2.75) is 6.42 Å². The average Bonchev–Trinajstić information content (AvgIpc) is 2.29. The highest BCUT2D eigenvalue weighted by Gasteiger charge is 2.01. The molecule has 0 radical (unpaired) electrons. The van der Waals surface area contributed by atoms with Gasteiger partial charge in [-0.25, -0.2) is 4.39 Å². The zero-order valence-electron chi connectivity index (χ0n) is 9.00. The van der Waals surface area contributed by atoms with E-state index in [9.17, 15) is 4.39 Å². The van der Waals surface area contributed by atoms with Gasteiger partial charge in [-0.15, -0.1) is 0 Å². The van der Waals surface area contributed by atoms with E-state index in [1.165, 1.54) is 13.2 Å². The molecule has 0 saturated carbocycles. The van der Waals surface area contributed by atoms with Crippen LogP contribution in [0.3, 0.4) is 0 Å². The van der Waals surface area contributed by atoms with Crippen LogP contribution in [0.25, 0.3) is 0 Å². The van der Waals surface area contributed by atoms with E-state index < -0.39 is 0 Å². The summed E-state index contributed by atoms with van der Waals surface area (Å²) >= 11 is 4.02. The average molecular weight is 240 g/mol. The highest BCUT2D eigenvalue weighted by atomic mass is 32.1. The van der Waals surface area contributed by atoms with Crippen molar-refractivity contribution in [2.24, 2.45) is 0 Å². The van der Waals surface area contributed by atoms with Crippen LogP contribution in [0.2, 0.25) is 0 Å². The molecule has 4 heteroatoms. The summed E-state index contributed by atoms with van der Waals surface area (Å²) in [6, 6.07) is 4.54. The zero-order chi connectivity index (χ0) is 11.8. The molecule has 0 spiro atoms. The van der Waals surface area contributed by atoms with Gasteiger partial charge in [0.15, 0.2) is 6.79 Å². The molecule has 16 heavy (non-hydrogen) atoms. The van der Waals surface area contributed by atoms with E-state index in [-0.39, 0.29) is 12.6 Å². The molecule has 0 amide bonds. The van der Waals surface area contributed by atoms with Gasteiger partial charge in [0.25, 0.3) is 0 Å². The van der Waals surface area contributed by atoms with Crippen LogP contribution >= 0.6 is 12.6 Å². The van der Waals surface area contributed by atoms with Crippen LogP contribution in [0.4, 0.5) is 4.39 Å². The molecule has 0 fully saturated rings. The largest absolute Gasteiger partial charge is 0.467 e. The highest BCUT2D eigenvalue weighted by molar-refractivity contribution is 7.80. The van der Waals surface area contributed by atoms with Crippen molar-refractivity contribution in [3.8, 4) is 17.6 Å².